The first-order valence-electron chi connectivity index (χ1n) is 7.25. The summed E-state index contributed by atoms with van der Waals surface area (Å²) in [7, 11) is 0. The van der Waals surface area contributed by atoms with Gasteiger partial charge in [0.15, 0.2) is 5.75 Å². The van der Waals surface area contributed by atoms with Crippen molar-refractivity contribution in [1.82, 2.24) is 0 Å². The monoisotopic (exact) mass is 414 g/mol. The molecule has 0 amide bonds. The Morgan fingerprint density at radius 3 is 2.46 bits per heavy atom. The Morgan fingerprint density at radius 2 is 1.88 bits per heavy atom. The van der Waals surface area contributed by atoms with Crippen LogP contribution in [0.2, 0.25) is 10.0 Å². The summed E-state index contributed by atoms with van der Waals surface area (Å²) in [5, 5.41) is 0.699. The van der Waals surface area contributed by atoms with E-state index in [4.69, 9.17) is 60.6 Å². The van der Waals surface area contributed by atoms with E-state index in [0.717, 1.165) is 19.1 Å². The molecule has 0 fully saturated rings. The van der Waals surface area contributed by atoms with E-state index in [1.807, 2.05) is 6.92 Å². The number of hydrogen-bond acceptors (Lipinski definition) is 4. The van der Waals surface area contributed by atoms with Crippen molar-refractivity contribution in [2.24, 2.45) is 0 Å². The summed E-state index contributed by atoms with van der Waals surface area (Å²) < 4.78 is 16.4. The highest BCUT2D eigenvalue weighted by Crippen LogP contribution is 2.37. The fourth-order valence-electron chi connectivity index (χ4n) is 1.80. The van der Waals surface area contributed by atoms with Crippen LogP contribution >= 0.6 is 46.4 Å². The number of ether oxygens (including phenoxy) is 3. The van der Waals surface area contributed by atoms with E-state index in [1.165, 1.54) is 6.08 Å². The Balaban J connectivity index is 2.55. The van der Waals surface area contributed by atoms with Crippen LogP contribution in [0.5, 0.6) is 11.5 Å². The van der Waals surface area contributed by atoms with Crippen LogP contribution in [0.3, 0.4) is 0 Å². The van der Waals surface area contributed by atoms with Crippen molar-refractivity contribution in [2.45, 2.75) is 25.9 Å². The molecule has 0 spiro atoms. The van der Waals surface area contributed by atoms with E-state index in [2.05, 4.69) is 0 Å². The van der Waals surface area contributed by atoms with E-state index in [0.29, 0.717) is 28.2 Å². The normalized spacial score (nSPS) is 11.7. The van der Waals surface area contributed by atoms with Crippen molar-refractivity contribution in [3.05, 3.63) is 32.7 Å². The molecule has 0 aliphatic heterocycles. The van der Waals surface area contributed by atoms with Crippen LogP contribution in [0.4, 0.5) is 0 Å². The quantitative estimate of drug-likeness (QED) is 0.355. The number of carbonyl (C=O) groups excluding carboxylic acids is 1. The molecule has 8 heteroatoms. The lowest BCUT2D eigenvalue weighted by atomic mass is 10.2. The van der Waals surface area contributed by atoms with E-state index >= 15 is 0 Å². The molecule has 0 bridgehead atoms. The molecular weight excluding hydrogens is 398 g/mol. The third kappa shape index (κ3) is 8.45. The van der Waals surface area contributed by atoms with E-state index < -0.39 is 0 Å². The van der Waals surface area contributed by atoms with Gasteiger partial charge in [0.2, 0.25) is 0 Å². The van der Waals surface area contributed by atoms with Gasteiger partial charge in [-0.05, 0) is 25.8 Å². The Hall–Kier alpha value is -0.650. The standard InChI is InChI=1S/C16H18Cl4O4/c1-11(3-2-6-22-8-5-21)24-16-13(17)9-12(10-14(16)18)23-7-4-15(19)20/h4-5,9-11H,2-3,6-8H2,1H3. The van der Waals surface area contributed by atoms with Crippen molar-refractivity contribution in [2.75, 3.05) is 19.8 Å². The molecule has 0 saturated carbocycles. The first-order chi connectivity index (χ1) is 11.4. The average Bonchev–Trinajstić information content (AvgIpc) is 2.50. The van der Waals surface area contributed by atoms with Crippen molar-refractivity contribution in [3.8, 4) is 11.5 Å². The van der Waals surface area contributed by atoms with E-state index in [-0.39, 0.29) is 23.8 Å². The van der Waals surface area contributed by atoms with Crippen LogP contribution in [0.25, 0.3) is 0 Å². The van der Waals surface area contributed by atoms with Crippen LogP contribution in [0.1, 0.15) is 19.8 Å². The zero-order valence-electron chi connectivity index (χ0n) is 13.1. The molecule has 0 saturated heterocycles. The second kappa shape index (κ2) is 11.8. The second-order valence-electron chi connectivity index (χ2n) is 4.83. The van der Waals surface area contributed by atoms with Gasteiger partial charge in [0.25, 0.3) is 0 Å². The van der Waals surface area contributed by atoms with E-state index in [9.17, 15) is 4.79 Å². The van der Waals surface area contributed by atoms with Crippen LogP contribution in [-0.2, 0) is 9.53 Å². The van der Waals surface area contributed by atoms with Gasteiger partial charge in [-0.2, -0.15) is 0 Å². The van der Waals surface area contributed by atoms with Crippen LogP contribution in [-0.4, -0.2) is 32.2 Å². The molecule has 1 aromatic carbocycles. The van der Waals surface area contributed by atoms with Crippen LogP contribution < -0.4 is 9.47 Å². The molecule has 0 heterocycles. The number of aldehydes is 1. The Morgan fingerprint density at radius 1 is 1.21 bits per heavy atom. The Bertz CT molecular complexity index is 536. The summed E-state index contributed by atoms with van der Waals surface area (Å²) in [6.07, 6.45) is 3.62. The summed E-state index contributed by atoms with van der Waals surface area (Å²) in [5.74, 6) is 0.885. The molecule has 0 aromatic heterocycles. The predicted molar refractivity (Wildman–Crippen MR) is 98.0 cm³/mol. The SMILES string of the molecule is CC(CCCOCC=O)Oc1c(Cl)cc(OCC=C(Cl)Cl)cc1Cl. The second-order valence-corrected chi connectivity index (χ2v) is 6.66. The largest absolute Gasteiger partial charge is 0.489 e. The average molecular weight is 416 g/mol. The molecule has 1 aromatic rings. The highest BCUT2D eigenvalue weighted by molar-refractivity contribution is 6.55. The summed E-state index contributed by atoms with van der Waals surface area (Å²) in [5.41, 5.74) is 0. The molecule has 0 radical (unpaired) electrons. The van der Waals surface area contributed by atoms with Gasteiger partial charge in [-0.3, -0.25) is 0 Å². The summed E-state index contributed by atoms with van der Waals surface area (Å²) in [6, 6.07) is 3.22. The minimum atomic E-state index is -0.107. The first-order valence-corrected chi connectivity index (χ1v) is 8.76. The number of carbonyl (C=O) groups is 1. The predicted octanol–water partition coefficient (Wildman–Crippen LogP) is 5.45. The lowest BCUT2D eigenvalue weighted by Gasteiger charge is -2.17. The topological polar surface area (TPSA) is 44.8 Å². The molecule has 1 atom stereocenters. The highest BCUT2D eigenvalue weighted by Gasteiger charge is 2.14. The summed E-state index contributed by atoms with van der Waals surface area (Å²) in [6.45, 7) is 2.71. The van der Waals surface area contributed by atoms with Crippen molar-refractivity contribution in [3.63, 3.8) is 0 Å². The maximum atomic E-state index is 10.1. The number of rotatable bonds is 11. The maximum absolute atomic E-state index is 10.1. The zero-order chi connectivity index (χ0) is 17.9. The molecule has 1 rings (SSSR count). The van der Waals surface area contributed by atoms with Gasteiger partial charge in [-0.15, -0.1) is 0 Å². The lowest BCUT2D eigenvalue weighted by Crippen LogP contribution is -2.13. The smallest absolute Gasteiger partial charge is 0.157 e. The lowest BCUT2D eigenvalue weighted by molar-refractivity contribution is -0.111. The molecule has 0 aliphatic carbocycles. The van der Waals surface area contributed by atoms with Gasteiger partial charge in [0, 0.05) is 18.7 Å². The molecule has 24 heavy (non-hydrogen) atoms. The minimum absolute atomic E-state index is 0.107. The molecule has 1 unspecified atom stereocenters. The number of benzene rings is 1. The van der Waals surface area contributed by atoms with Gasteiger partial charge in [0.05, 0.1) is 16.1 Å². The highest BCUT2D eigenvalue weighted by atomic mass is 35.5. The Labute approximate surface area is 161 Å². The van der Waals surface area contributed by atoms with Crippen LogP contribution in [0.15, 0.2) is 22.7 Å². The molecule has 134 valence electrons. The molecule has 0 N–H and O–H groups in total. The Kier molecular flexibility index (Phi) is 10.5. The maximum Gasteiger partial charge on any atom is 0.157 e. The first kappa shape index (κ1) is 21.4. The number of halogens is 4. The fourth-order valence-corrected chi connectivity index (χ4v) is 2.48. The zero-order valence-corrected chi connectivity index (χ0v) is 16.1. The minimum Gasteiger partial charge on any atom is -0.489 e. The fraction of sp³-hybridized carbons (Fsp3) is 0.438. The molecular formula is C16H18Cl4O4. The van der Waals surface area contributed by atoms with Gasteiger partial charge >= 0.3 is 0 Å². The molecule has 0 aliphatic rings. The summed E-state index contributed by atoms with van der Waals surface area (Å²) >= 11 is 23.4. The third-order valence-electron chi connectivity index (χ3n) is 2.86. The van der Waals surface area contributed by atoms with E-state index in [1.54, 1.807) is 12.1 Å². The van der Waals surface area contributed by atoms with Gasteiger partial charge < -0.3 is 19.0 Å². The van der Waals surface area contributed by atoms with Gasteiger partial charge in [-0.25, -0.2) is 0 Å². The van der Waals surface area contributed by atoms with Gasteiger partial charge in [-0.1, -0.05) is 46.4 Å². The van der Waals surface area contributed by atoms with Crippen molar-refractivity contribution < 1.29 is 19.0 Å². The van der Waals surface area contributed by atoms with Crippen molar-refractivity contribution >= 4 is 52.7 Å². The third-order valence-corrected chi connectivity index (χ3v) is 3.73. The number of hydrogen-bond donors (Lipinski definition) is 0. The molecule has 4 nitrogen and oxygen atoms in total. The van der Waals surface area contributed by atoms with Gasteiger partial charge in [0.1, 0.15) is 29.7 Å². The van der Waals surface area contributed by atoms with Crippen molar-refractivity contribution in [1.29, 1.82) is 0 Å². The summed E-state index contributed by atoms with van der Waals surface area (Å²) in [4.78, 5) is 10.1. The van der Waals surface area contributed by atoms with Crippen LogP contribution in [0, 0.1) is 0 Å².